The summed E-state index contributed by atoms with van der Waals surface area (Å²) in [6.07, 6.45) is 1.87. The topological polar surface area (TPSA) is 38.9 Å². The van der Waals surface area contributed by atoms with Crippen LogP contribution in [0.2, 0.25) is 0 Å². The van der Waals surface area contributed by atoms with Crippen LogP contribution in [-0.2, 0) is 6.54 Å². The lowest BCUT2D eigenvalue weighted by molar-refractivity contribution is 0.977. The molecule has 1 aromatic carbocycles. The molecule has 1 heterocycles. The lowest BCUT2D eigenvalue weighted by Crippen LogP contribution is -1.98. The molecule has 0 aliphatic rings. The maximum Gasteiger partial charge on any atom is 0.0540 e. The zero-order valence-electron chi connectivity index (χ0n) is 9.18. The van der Waals surface area contributed by atoms with Gasteiger partial charge in [-0.1, -0.05) is 30.0 Å². The average molecular weight is 230 g/mol. The first-order valence-electron chi connectivity index (χ1n) is 5.18. The first kappa shape index (κ1) is 11.2. The molecule has 0 unspecified atom stereocenters. The lowest BCUT2D eigenvalue weighted by Gasteiger charge is -2.05. The van der Waals surface area contributed by atoms with Gasteiger partial charge < -0.3 is 5.73 Å². The third-order valence-electron chi connectivity index (χ3n) is 2.33. The molecule has 0 saturated carbocycles. The van der Waals surface area contributed by atoms with Gasteiger partial charge in [-0.2, -0.15) is 0 Å². The van der Waals surface area contributed by atoms with Gasteiger partial charge in [-0.25, -0.2) is 0 Å². The Kier molecular flexibility index (Phi) is 3.59. The summed E-state index contributed by atoms with van der Waals surface area (Å²) in [5.74, 6) is 0. The third-order valence-corrected chi connectivity index (χ3v) is 3.48. The summed E-state index contributed by atoms with van der Waals surface area (Å²) in [6, 6.07) is 12.4. The van der Waals surface area contributed by atoms with E-state index in [0.29, 0.717) is 6.54 Å². The molecule has 0 aliphatic heterocycles. The highest BCUT2D eigenvalue weighted by Crippen LogP contribution is 2.29. The molecule has 0 amide bonds. The van der Waals surface area contributed by atoms with Crippen LogP contribution >= 0.6 is 11.8 Å². The SMILES string of the molecule is Cc1ccccc1Sc1ccc(CN)nc1. The number of pyridine rings is 1. The second-order valence-electron chi connectivity index (χ2n) is 3.56. The smallest absolute Gasteiger partial charge is 0.0540 e. The quantitative estimate of drug-likeness (QED) is 0.881. The van der Waals surface area contributed by atoms with Crippen LogP contribution in [0.1, 0.15) is 11.3 Å². The molecule has 2 N–H and O–H groups in total. The molecule has 0 spiro atoms. The van der Waals surface area contributed by atoms with E-state index in [0.717, 1.165) is 10.6 Å². The second kappa shape index (κ2) is 5.14. The van der Waals surface area contributed by atoms with Crippen LogP contribution in [-0.4, -0.2) is 4.98 Å². The van der Waals surface area contributed by atoms with Crippen molar-refractivity contribution in [3.05, 3.63) is 53.9 Å². The molecule has 16 heavy (non-hydrogen) atoms. The maximum atomic E-state index is 5.51. The normalized spacial score (nSPS) is 10.4. The fourth-order valence-corrected chi connectivity index (χ4v) is 2.26. The summed E-state index contributed by atoms with van der Waals surface area (Å²) >= 11 is 1.73. The van der Waals surface area contributed by atoms with Gasteiger partial charge >= 0.3 is 0 Å². The molecule has 0 fully saturated rings. The summed E-state index contributed by atoms with van der Waals surface area (Å²) in [4.78, 5) is 6.69. The largest absolute Gasteiger partial charge is 0.325 e. The number of hydrogen-bond donors (Lipinski definition) is 1. The number of hydrogen-bond acceptors (Lipinski definition) is 3. The van der Waals surface area contributed by atoms with E-state index in [9.17, 15) is 0 Å². The molecule has 1 aromatic heterocycles. The van der Waals surface area contributed by atoms with E-state index < -0.39 is 0 Å². The zero-order valence-corrected chi connectivity index (χ0v) is 10.00. The molecule has 0 saturated heterocycles. The van der Waals surface area contributed by atoms with Crippen molar-refractivity contribution in [1.82, 2.24) is 4.98 Å². The van der Waals surface area contributed by atoms with E-state index in [1.807, 2.05) is 12.3 Å². The molecule has 3 heteroatoms. The Bertz CT molecular complexity index is 466. The van der Waals surface area contributed by atoms with Crippen LogP contribution in [0.3, 0.4) is 0 Å². The van der Waals surface area contributed by atoms with Crippen LogP contribution in [0.25, 0.3) is 0 Å². The summed E-state index contributed by atoms with van der Waals surface area (Å²) < 4.78 is 0. The van der Waals surface area contributed by atoms with Crippen molar-refractivity contribution in [3.63, 3.8) is 0 Å². The molecule has 82 valence electrons. The number of aryl methyl sites for hydroxylation is 1. The van der Waals surface area contributed by atoms with Gasteiger partial charge in [0.1, 0.15) is 0 Å². The van der Waals surface area contributed by atoms with E-state index in [2.05, 4.69) is 42.2 Å². The molecule has 0 bridgehead atoms. The highest BCUT2D eigenvalue weighted by Gasteiger charge is 2.00. The fraction of sp³-hybridized carbons (Fsp3) is 0.154. The Morgan fingerprint density at radius 2 is 2.00 bits per heavy atom. The van der Waals surface area contributed by atoms with Crippen molar-refractivity contribution in [2.75, 3.05) is 0 Å². The van der Waals surface area contributed by atoms with Crippen LogP contribution in [0, 0.1) is 6.92 Å². The van der Waals surface area contributed by atoms with Crippen molar-refractivity contribution in [2.24, 2.45) is 5.73 Å². The van der Waals surface area contributed by atoms with Crippen molar-refractivity contribution in [1.29, 1.82) is 0 Å². The Hall–Kier alpha value is -1.32. The Morgan fingerprint density at radius 3 is 2.62 bits per heavy atom. The van der Waals surface area contributed by atoms with E-state index >= 15 is 0 Å². The monoisotopic (exact) mass is 230 g/mol. The van der Waals surface area contributed by atoms with Gasteiger partial charge in [0.15, 0.2) is 0 Å². The van der Waals surface area contributed by atoms with Crippen LogP contribution in [0.15, 0.2) is 52.4 Å². The van der Waals surface area contributed by atoms with Crippen molar-refractivity contribution in [2.45, 2.75) is 23.3 Å². The van der Waals surface area contributed by atoms with Crippen molar-refractivity contribution < 1.29 is 0 Å². The Morgan fingerprint density at radius 1 is 1.19 bits per heavy atom. The minimum atomic E-state index is 0.495. The number of nitrogens with two attached hydrogens (primary N) is 1. The number of aromatic nitrogens is 1. The molecule has 0 aliphatic carbocycles. The van der Waals surface area contributed by atoms with Crippen LogP contribution in [0.5, 0.6) is 0 Å². The van der Waals surface area contributed by atoms with Gasteiger partial charge in [-0.3, -0.25) is 4.98 Å². The summed E-state index contributed by atoms with van der Waals surface area (Å²) in [5.41, 5.74) is 7.72. The predicted molar refractivity (Wildman–Crippen MR) is 67.4 cm³/mol. The molecular weight excluding hydrogens is 216 g/mol. The van der Waals surface area contributed by atoms with Gasteiger partial charge in [0.05, 0.1) is 5.69 Å². The highest BCUT2D eigenvalue weighted by atomic mass is 32.2. The zero-order chi connectivity index (χ0) is 11.4. The van der Waals surface area contributed by atoms with Gasteiger partial charge in [-0.05, 0) is 30.7 Å². The first-order chi connectivity index (χ1) is 7.79. The fourth-order valence-electron chi connectivity index (χ4n) is 1.39. The van der Waals surface area contributed by atoms with Gasteiger partial charge in [-0.15, -0.1) is 0 Å². The van der Waals surface area contributed by atoms with E-state index in [-0.39, 0.29) is 0 Å². The highest BCUT2D eigenvalue weighted by molar-refractivity contribution is 7.99. The molecule has 2 rings (SSSR count). The Balaban J connectivity index is 2.18. The average Bonchev–Trinajstić information content (AvgIpc) is 2.33. The second-order valence-corrected chi connectivity index (χ2v) is 4.67. The van der Waals surface area contributed by atoms with E-state index in [4.69, 9.17) is 5.73 Å². The number of nitrogens with zero attached hydrogens (tertiary/aromatic N) is 1. The van der Waals surface area contributed by atoms with Crippen molar-refractivity contribution >= 4 is 11.8 Å². The Labute approximate surface area is 99.9 Å². The molecule has 2 nitrogen and oxygen atoms in total. The minimum absolute atomic E-state index is 0.495. The van der Waals surface area contributed by atoms with Crippen LogP contribution < -0.4 is 5.73 Å². The van der Waals surface area contributed by atoms with Gasteiger partial charge in [0, 0.05) is 22.5 Å². The molecular formula is C13H14N2S. The van der Waals surface area contributed by atoms with Crippen LogP contribution in [0.4, 0.5) is 0 Å². The van der Waals surface area contributed by atoms with Gasteiger partial charge in [0.25, 0.3) is 0 Å². The molecule has 2 aromatic rings. The van der Waals surface area contributed by atoms with E-state index in [1.165, 1.54) is 10.5 Å². The third kappa shape index (κ3) is 2.62. The molecule has 0 radical (unpaired) electrons. The summed E-state index contributed by atoms with van der Waals surface area (Å²) in [5, 5.41) is 0. The minimum Gasteiger partial charge on any atom is -0.325 e. The standard InChI is InChI=1S/C13H14N2S/c1-10-4-2-3-5-13(10)16-12-7-6-11(8-14)15-9-12/h2-7,9H,8,14H2,1H3. The summed E-state index contributed by atoms with van der Waals surface area (Å²) in [7, 11) is 0. The first-order valence-corrected chi connectivity index (χ1v) is 6.00. The number of rotatable bonds is 3. The van der Waals surface area contributed by atoms with Crippen molar-refractivity contribution in [3.8, 4) is 0 Å². The maximum absolute atomic E-state index is 5.51. The predicted octanol–water partition coefficient (Wildman–Crippen LogP) is 3.00. The van der Waals surface area contributed by atoms with Gasteiger partial charge in [0.2, 0.25) is 0 Å². The number of benzene rings is 1. The summed E-state index contributed by atoms with van der Waals surface area (Å²) in [6.45, 7) is 2.61. The van der Waals surface area contributed by atoms with E-state index in [1.54, 1.807) is 11.8 Å². The lowest BCUT2D eigenvalue weighted by atomic mass is 10.2. The molecule has 0 atom stereocenters.